The topological polar surface area (TPSA) is 95.7 Å². The largest absolute Gasteiger partial charge is 0.481 e. The zero-order valence-electron chi connectivity index (χ0n) is 18.8. The molecule has 2 aromatic heterocycles. The molecule has 0 unspecified atom stereocenters. The van der Waals surface area contributed by atoms with Crippen molar-refractivity contribution < 1.29 is 19.1 Å². The van der Waals surface area contributed by atoms with Gasteiger partial charge < -0.3 is 19.7 Å². The molecule has 1 saturated heterocycles. The summed E-state index contributed by atoms with van der Waals surface area (Å²) in [6.07, 6.45) is 10.5. The molecule has 1 aliphatic carbocycles. The van der Waals surface area contributed by atoms with Crippen LogP contribution in [-0.4, -0.2) is 52.5 Å². The molecule has 0 bridgehead atoms. The number of likely N-dealkylation sites (tertiary alicyclic amines) is 1. The van der Waals surface area contributed by atoms with Gasteiger partial charge in [-0.3, -0.25) is 14.6 Å². The van der Waals surface area contributed by atoms with Crippen molar-refractivity contribution in [3.8, 4) is 11.3 Å². The highest BCUT2D eigenvalue weighted by molar-refractivity contribution is 5.97. The zero-order chi connectivity index (χ0) is 22.6. The Morgan fingerprint density at radius 1 is 1.19 bits per heavy atom. The molecule has 32 heavy (non-hydrogen) atoms. The molecule has 7 nitrogen and oxygen atoms in total. The van der Waals surface area contributed by atoms with Crippen LogP contribution in [-0.2, 0) is 4.79 Å². The van der Waals surface area contributed by atoms with Gasteiger partial charge in [-0.05, 0) is 63.3 Å². The van der Waals surface area contributed by atoms with E-state index < -0.39 is 11.4 Å². The molecule has 0 atom stereocenters. The normalized spacial score (nSPS) is 19.5. The highest BCUT2D eigenvalue weighted by Crippen LogP contribution is 2.40. The van der Waals surface area contributed by atoms with Gasteiger partial charge in [0.1, 0.15) is 0 Å². The van der Waals surface area contributed by atoms with Crippen LogP contribution in [0.4, 0.5) is 0 Å². The lowest BCUT2D eigenvalue weighted by atomic mass is 9.71. The van der Waals surface area contributed by atoms with Gasteiger partial charge in [-0.1, -0.05) is 25.3 Å². The van der Waals surface area contributed by atoms with E-state index >= 15 is 0 Å². The van der Waals surface area contributed by atoms with Crippen LogP contribution in [0.5, 0.6) is 0 Å². The van der Waals surface area contributed by atoms with Crippen molar-refractivity contribution in [2.45, 2.75) is 64.3 Å². The van der Waals surface area contributed by atoms with Crippen molar-refractivity contribution in [2.24, 2.45) is 5.41 Å². The number of nitrogens with one attached hydrogen (secondary N) is 1. The minimum absolute atomic E-state index is 0.0887. The molecule has 3 heterocycles. The Morgan fingerprint density at radius 2 is 1.94 bits per heavy atom. The number of aromatic nitrogens is 1. The lowest BCUT2D eigenvalue weighted by Crippen LogP contribution is -2.46. The fraction of sp³-hybridized carbons (Fsp3) is 0.560. The van der Waals surface area contributed by atoms with Crippen LogP contribution in [0, 0.1) is 12.3 Å². The quantitative estimate of drug-likeness (QED) is 0.669. The molecule has 2 fully saturated rings. The SMILES string of the molecule is Cc1ccc(-c2ccoc2C(=O)NC2CCN(CCC3(C(=O)O)CCCCC3)CC2)nc1. The van der Waals surface area contributed by atoms with Crippen LogP contribution in [0.25, 0.3) is 11.3 Å². The van der Waals surface area contributed by atoms with Gasteiger partial charge in [-0.25, -0.2) is 0 Å². The second-order valence-electron chi connectivity index (χ2n) is 9.37. The number of aryl methyl sites for hydroxylation is 1. The number of furan rings is 1. The molecule has 1 aliphatic heterocycles. The van der Waals surface area contributed by atoms with Gasteiger partial charge in [0.2, 0.25) is 5.76 Å². The first kappa shape index (κ1) is 22.5. The van der Waals surface area contributed by atoms with E-state index in [0.717, 1.165) is 82.3 Å². The second-order valence-corrected chi connectivity index (χ2v) is 9.37. The molecule has 0 aromatic carbocycles. The number of pyridine rings is 1. The Balaban J connectivity index is 1.28. The smallest absolute Gasteiger partial charge is 0.309 e. The number of carbonyl (C=O) groups is 2. The van der Waals surface area contributed by atoms with Gasteiger partial charge in [0.15, 0.2) is 0 Å². The minimum Gasteiger partial charge on any atom is -0.481 e. The summed E-state index contributed by atoms with van der Waals surface area (Å²) >= 11 is 0. The Morgan fingerprint density at radius 3 is 2.59 bits per heavy atom. The van der Waals surface area contributed by atoms with E-state index in [1.165, 1.54) is 6.26 Å². The molecule has 7 heteroatoms. The molecular formula is C25H33N3O4. The van der Waals surface area contributed by atoms with Crippen LogP contribution in [0.2, 0.25) is 0 Å². The van der Waals surface area contributed by atoms with E-state index in [2.05, 4.69) is 15.2 Å². The number of carbonyl (C=O) groups excluding carboxylic acids is 1. The van der Waals surface area contributed by atoms with Gasteiger partial charge in [-0.15, -0.1) is 0 Å². The molecule has 1 amide bonds. The van der Waals surface area contributed by atoms with Gasteiger partial charge >= 0.3 is 5.97 Å². The molecule has 2 aliphatic rings. The predicted octanol–water partition coefficient (Wildman–Crippen LogP) is 4.27. The molecule has 0 spiro atoms. The molecule has 172 valence electrons. The molecule has 2 N–H and O–H groups in total. The summed E-state index contributed by atoms with van der Waals surface area (Å²) in [5, 5.41) is 12.9. The fourth-order valence-corrected chi connectivity index (χ4v) is 5.04. The second kappa shape index (κ2) is 9.86. The van der Waals surface area contributed by atoms with Gasteiger partial charge in [0.05, 0.1) is 22.9 Å². The highest BCUT2D eigenvalue weighted by Gasteiger charge is 2.39. The van der Waals surface area contributed by atoms with Gasteiger partial charge in [-0.2, -0.15) is 0 Å². The first-order valence-corrected chi connectivity index (χ1v) is 11.7. The number of hydrogen-bond acceptors (Lipinski definition) is 5. The monoisotopic (exact) mass is 439 g/mol. The molecule has 4 rings (SSSR count). The summed E-state index contributed by atoms with van der Waals surface area (Å²) in [5.74, 6) is -0.543. The summed E-state index contributed by atoms with van der Waals surface area (Å²) in [4.78, 5) is 31.5. The van der Waals surface area contributed by atoms with Crippen molar-refractivity contribution in [3.63, 3.8) is 0 Å². The maximum absolute atomic E-state index is 12.9. The lowest BCUT2D eigenvalue weighted by molar-refractivity contribution is -0.152. The summed E-state index contributed by atoms with van der Waals surface area (Å²) in [5.41, 5.74) is 1.95. The summed E-state index contributed by atoms with van der Waals surface area (Å²) < 4.78 is 5.49. The summed E-state index contributed by atoms with van der Waals surface area (Å²) in [6, 6.07) is 5.73. The number of piperidine rings is 1. The molecular weight excluding hydrogens is 406 g/mol. The van der Waals surface area contributed by atoms with Crippen molar-refractivity contribution in [1.29, 1.82) is 0 Å². The minimum atomic E-state index is -0.628. The number of carboxylic acids is 1. The van der Waals surface area contributed by atoms with Gasteiger partial charge in [0.25, 0.3) is 5.91 Å². The number of carboxylic acid groups (broad SMARTS) is 1. The first-order chi connectivity index (χ1) is 15.5. The fourth-order valence-electron chi connectivity index (χ4n) is 5.04. The summed E-state index contributed by atoms with van der Waals surface area (Å²) in [7, 11) is 0. The molecule has 2 aromatic rings. The van der Waals surface area contributed by atoms with E-state index in [1.807, 2.05) is 19.1 Å². The van der Waals surface area contributed by atoms with Crippen LogP contribution in [0.15, 0.2) is 35.1 Å². The van der Waals surface area contributed by atoms with E-state index in [1.54, 1.807) is 12.3 Å². The van der Waals surface area contributed by atoms with Crippen molar-refractivity contribution in [2.75, 3.05) is 19.6 Å². The third-order valence-electron chi connectivity index (χ3n) is 7.15. The Labute approximate surface area is 189 Å². The van der Waals surface area contributed by atoms with Crippen molar-refractivity contribution >= 4 is 11.9 Å². The standard InChI is InChI=1S/C25H33N3O4/c1-18-5-6-21(26-17-18)20-9-16-32-22(20)23(29)27-19-7-13-28(14-8-19)15-12-25(24(30)31)10-3-2-4-11-25/h5-6,9,16-17,19H,2-4,7-8,10-15H2,1H3,(H,27,29)(H,30,31). The lowest BCUT2D eigenvalue weighted by Gasteiger charge is -2.37. The Bertz CT molecular complexity index is 923. The van der Waals surface area contributed by atoms with Crippen LogP contribution < -0.4 is 5.32 Å². The molecule has 1 saturated carbocycles. The third kappa shape index (κ3) is 5.04. The average molecular weight is 440 g/mol. The first-order valence-electron chi connectivity index (χ1n) is 11.7. The maximum Gasteiger partial charge on any atom is 0.309 e. The van der Waals surface area contributed by atoms with Crippen LogP contribution in [0.3, 0.4) is 0 Å². The third-order valence-corrected chi connectivity index (χ3v) is 7.15. The van der Waals surface area contributed by atoms with E-state index in [-0.39, 0.29) is 11.9 Å². The number of hydrogen-bond donors (Lipinski definition) is 2. The number of rotatable bonds is 7. The zero-order valence-corrected chi connectivity index (χ0v) is 18.8. The van der Waals surface area contributed by atoms with Crippen LogP contribution in [0.1, 0.15) is 67.5 Å². The number of aliphatic carboxylic acids is 1. The molecule has 0 radical (unpaired) electrons. The Kier molecular flexibility index (Phi) is 6.94. The number of amides is 1. The maximum atomic E-state index is 12.9. The van der Waals surface area contributed by atoms with Gasteiger partial charge in [0, 0.05) is 25.3 Å². The van der Waals surface area contributed by atoms with Crippen molar-refractivity contribution in [1.82, 2.24) is 15.2 Å². The predicted molar refractivity (Wildman–Crippen MR) is 121 cm³/mol. The number of nitrogens with zero attached hydrogens (tertiary/aromatic N) is 2. The highest BCUT2D eigenvalue weighted by atomic mass is 16.4. The average Bonchev–Trinajstić information content (AvgIpc) is 3.30. The summed E-state index contributed by atoms with van der Waals surface area (Å²) in [6.45, 7) is 4.52. The van der Waals surface area contributed by atoms with E-state index in [9.17, 15) is 14.7 Å². The van der Waals surface area contributed by atoms with E-state index in [0.29, 0.717) is 11.3 Å². The Hall–Kier alpha value is -2.67. The van der Waals surface area contributed by atoms with Crippen molar-refractivity contribution in [3.05, 3.63) is 42.0 Å². The van der Waals surface area contributed by atoms with E-state index in [4.69, 9.17) is 4.42 Å². The van der Waals surface area contributed by atoms with Crippen LogP contribution >= 0.6 is 0 Å².